The van der Waals surface area contributed by atoms with Crippen molar-refractivity contribution in [3.63, 3.8) is 0 Å². The summed E-state index contributed by atoms with van der Waals surface area (Å²) < 4.78 is 20.5. The monoisotopic (exact) mass is 412 g/mol. The van der Waals surface area contributed by atoms with Gasteiger partial charge in [0.25, 0.3) is 5.91 Å². The molecule has 1 spiro atoms. The van der Waals surface area contributed by atoms with Crippen molar-refractivity contribution in [2.75, 3.05) is 26.2 Å². The summed E-state index contributed by atoms with van der Waals surface area (Å²) in [5.74, 6) is 0.128. The number of carbonyl (C=O) groups excluding carboxylic acids is 1. The van der Waals surface area contributed by atoms with Gasteiger partial charge < -0.3 is 20.1 Å². The predicted molar refractivity (Wildman–Crippen MR) is 114 cm³/mol. The lowest BCUT2D eigenvalue weighted by molar-refractivity contribution is 0.0110. The Bertz CT molecular complexity index is 936. The number of aromatic hydroxyl groups is 1. The molecule has 5 nitrogen and oxygen atoms in total. The molecule has 1 saturated heterocycles. The highest BCUT2D eigenvalue weighted by molar-refractivity contribution is 5.94. The Hall–Kier alpha value is -2.60. The maximum atomic E-state index is 14.1. The second-order valence-electron chi connectivity index (χ2n) is 8.22. The van der Waals surface area contributed by atoms with Crippen LogP contribution in [0.25, 0.3) is 0 Å². The van der Waals surface area contributed by atoms with Gasteiger partial charge in [0.05, 0.1) is 0 Å². The minimum absolute atomic E-state index is 0.0687. The molecule has 0 aliphatic carbocycles. The Morgan fingerprint density at radius 2 is 1.90 bits per heavy atom. The molecule has 2 aromatic rings. The van der Waals surface area contributed by atoms with Crippen LogP contribution in [0, 0.1) is 5.82 Å². The van der Waals surface area contributed by atoms with E-state index in [0.717, 1.165) is 31.5 Å². The van der Waals surface area contributed by atoms with Gasteiger partial charge in [-0.15, -0.1) is 0 Å². The fraction of sp³-hybridized carbons (Fsp3) is 0.458. The Balaban J connectivity index is 1.73. The number of phenols is 1. The summed E-state index contributed by atoms with van der Waals surface area (Å²) in [6.45, 7) is 6.82. The van der Waals surface area contributed by atoms with E-state index in [1.807, 2.05) is 19.9 Å². The third-order valence-electron chi connectivity index (χ3n) is 6.47. The van der Waals surface area contributed by atoms with E-state index in [9.17, 15) is 14.3 Å². The number of fused-ring (bicyclic) bond motifs is 1. The van der Waals surface area contributed by atoms with E-state index < -0.39 is 0 Å². The second-order valence-corrected chi connectivity index (χ2v) is 8.22. The first-order chi connectivity index (χ1) is 14.5. The van der Waals surface area contributed by atoms with E-state index >= 15 is 0 Å². The van der Waals surface area contributed by atoms with Crippen LogP contribution in [0.15, 0.2) is 36.4 Å². The maximum absolute atomic E-state index is 14.1. The van der Waals surface area contributed by atoms with Crippen LogP contribution in [-0.4, -0.2) is 47.7 Å². The number of carbonyl (C=O) groups is 1. The van der Waals surface area contributed by atoms with Crippen molar-refractivity contribution in [3.05, 3.63) is 58.9 Å². The van der Waals surface area contributed by atoms with Gasteiger partial charge in [0.15, 0.2) is 0 Å². The Morgan fingerprint density at radius 1 is 1.17 bits per heavy atom. The zero-order chi connectivity index (χ0) is 21.3. The van der Waals surface area contributed by atoms with Crippen LogP contribution in [-0.2, 0) is 0 Å². The molecule has 2 aromatic carbocycles. The average Bonchev–Trinajstić information content (AvgIpc) is 2.75. The van der Waals surface area contributed by atoms with Crippen LogP contribution < -0.4 is 10.1 Å². The molecular weight excluding hydrogens is 383 g/mol. The normalized spacial score (nSPS) is 19.8. The SMILES string of the molecule is CCN(CC)C(=O)c1ccc(C2CC3(CCNCC3)Oc3ccc(F)cc32)c(O)c1. The number of hydrogen-bond acceptors (Lipinski definition) is 4. The highest BCUT2D eigenvalue weighted by Crippen LogP contribution is 2.49. The number of phenolic OH excluding ortho intramolecular Hbond substituents is 1. The summed E-state index contributed by atoms with van der Waals surface area (Å²) in [5, 5.41) is 14.2. The summed E-state index contributed by atoms with van der Waals surface area (Å²) in [5.41, 5.74) is 1.59. The van der Waals surface area contributed by atoms with E-state index in [0.29, 0.717) is 36.4 Å². The molecule has 0 radical (unpaired) electrons. The quantitative estimate of drug-likeness (QED) is 0.795. The topological polar surface area (TPSA) is 61.8 Å². The van der Waals surface area contributed by atoms with Gasteiger partial charge in [-0.1, -0.05) is 6.07 Å². The number of piperidine rings is 1. The molecule has 1 fully saturated rings. The highest BCUT2D eigenvalue weighted by Gasteiger charge is 2.43. The van der Waals surface area contributed by atoms with E-state index in [4.69, 9.17) is 4.74 Å². The minimum Gasteiger partial charge on any atom is -0.508 e. The largest absolute Gasteiger partial charge is 0.508 e. The number of halogens is 1. The fourth-order valence-corrected chi connectivity index (χ4v) is 4.77. The molecule has 2 N–H and O–H groups in total. The molecule has 1 unspecified atom stereocenters. The van der Waals surface area contributed by atoms with Crippen LogP contribution in [0.5, 0.6) is 11.5 Å². The minimum atomic E-state index is -0.330. The van der Waals surface area contributed by atoms with Crippen molar-refractivity contribution in [1.82, 2.24) is 10.2 Å². The number of benzene rings is 2. The van der Waals surface area contributed by atoms with Gasteiger partial charge in [0.2, 0.25) is 0 Å². The molecule has 30 heavy (non-hydrogen) atoms. The smallest absolute Gasteiger partial charge is 0.253 e. The van der Waals surface area contributed by atoms with Gasteiger partial charge in [-0.2, -0.15) is 0 Å². The first kappa shape index (κ1) is 20.7. The standard InChI is InChI=1S/C24H29FN2O3/c1-3-27(4-2)23(29)16-5-7-18(21(28)13-16)20-15-24(9-11-26-12-10-24)30-22-8-6-17(25)14-19(20)22/h5-8,13-14,20,26,28H,3-4,9-12,15H2,1-2H3. The van der Waals surface area contributed by atoms with E-state index in [1.165, 1.54) is 12.1 Å². The number of rotatable bonds is 4. The summed E-state index contributed by atoms with van der Waals surface area (Å²) in [6, 6.07) is 9.73. The van der Waals surface area contributed by atoms with E-state index in [2.05, 4.69) is 5.32 Å². The number of nitrogens with zero attached hydrogens (tertiary/aromatic N) is 1. The summed E-state index contributed by atoms with van der Waals surface area (Å²) in [4.78, 5) is 14.4. The summed E-state index contributed by atoms with van der Waals surface area (Å²) in [6.07, 6.45) is 2.39. The van der Waals surface area contributed by atoms with Crippen LogP contribution in [0.1, 0.15) is 60.5 Å². The Morgan fingerprint density at radius 3 is 2.57 bits per heavy atom. The number of amides is 1. The first-order valence-corrected chi connectivity index (χ1v) is 10.8. The molecule has 2 aliphatic heterocycles. The molecule has 6 heteroatoms. The molecule has 1 amide bonds. The van der Waals surface area contributed by atoms with E-state index in [-0.39, 0.29) is 29.0 Å². The van der Waals surface area contributed by atoms with Crippen molar-refractivity contribution in [1.29, 1.82) is 0 Å². The lowest BCUT2D eigenvalue weighted by Crippen LogP contribution is -2.49. The lowest BCUT2D eigenvalue weighted by atomic mass is 9.74. The van der Waals surface area contributed by atoms with Crippen LogP contribution in [0.4, 0.5) is 4.39 Å². The molecule has 0 aromatic heterocycles. The molecule has 4 rings (SSSR count). The average molecular weight is 413 g/mol. The van der Waals surface area contributed by atoms with Gasteiger partial charge in [0.1, 0.15) is 22.9 Å². The molecule has 1 atom stereocenters. The summed E-state index contributed by atoms with van der Waals surface area (Å²) >= 11 is 0. The predicted octanol–water partition coefficient (Wildman–Crippen LogP) is 4.05. The van der Waals surface area contributed by atoms with Gasteiger partial charge in [0, 0.05) is 35.7 Å². The highest BCUT2D eigenvalue weighted by atomic mass is 19.1. The van der Waals surface area contributed by atoms with E-state index in [1.54, 1.807) is 23.1 Å². The van der Waals surface area contributed by atoms with Gasteiger partial charge in [-0.25, -0.2) is 4.39 Å². The Labute approximate surface area is 176 Å². The lowest BCUT2D eigenvalue weighted by Gasteiger charge is -2.45. The fourth-order valence-electron chi connectivity index (χ4n) is 4.77. The molecule has 0 bridgehead atoms. The zero-order valence-corrected chi connectivity index (χ0v) is 17.6. The van der Waals surface area contributed by atoms with Crippen molar-refractivity contribution in [3.8, 4) is 11.5 Å². The maximum Gasteiger partial charge on any atom is 0.253 e. The number of hydrogen-bond donors (Lipinski definition) is 2. The molecule has 160 valence electrons. The first-order valence-electron chi connectivity index (χ1n) is 10.8. The molecule has 2 heterocycles. The number of ether oxygens (including phenoxy) is 1. The molecular formula is C24H29FN2O3. The molecule has 2 aliphatic rings. The van der Waals surface area contributed by atoms with Crippen molar-refractivity contribution < 1.29 is 19.0 Å². The van der Waals surface area contributed by atoms with Crippen LogP contribution in [0.3, 0.4) is 0 Å². The van der Waals surface area contributed by atoms with Crippen LogP contribution >= 0.6 is 0 Å². The molecule has 0 saturated carbocycles. The Kier molecular flexibility index (Phi) is 5.69. The zero-order valence-electron chi connectivity index (χ0n) is 17.6. The summed E-state index contributed by atoms with van der Waals surface area (Å²) in [7, 11) is 0. The van der Waals surface area contributed by atoms with Crippen molar-refractivity contribution >= 4 is 5.91 Å². The van der Waals surface area contributed by atoms with Gasteiger partial charge in [-0.3, -0.25) is 4.79 Å². The second kappa shape index (κ2) is 8.26. The third kappa shape index (κ3) is 3.76. The third-order valence-corrected chi connectivity index (χ3v) is 6.47. The van der Waals surface area contributed by atoms with Crippen molar-refractivity contribution in [2.45, 2.75) is 44.6 Å². The van der Waals surface area contributed by atoms with Crippen LogP contribution in [0.2, 0.25) is 0 Å². The van der Waals surface area contributed by atoms with Gasteiger partial charge in [-0.05, 0) is 76.5 Å². The van der Waals surface area contributed by atoms with Crippen molar-refractivity contribution in [2.24, 2.45) is 0 Å². The number of nitrogens with one attached hydrogen (secondary N) is 1. The van der Waals surface area contributed by atoms with Gasteiger partial charge >= 0.3 is 0 Å².